The quantitative estimate of drug-likeness (QED) is 0.551. The van der Waals surface area contributed by atoms with Crippen LogP contribution in [-0.2, 0) is 17.1 Å². The fourth-order valence-electron chi connectivity index (χ4n) is 4.04. The lowest BCUT2D eigenvalue weighted by molar-refractivity contribution is 0.313. The van der Waals surface area contributed by atoms with Crippen LogP contribution in [0.3, 0.4) is 0 Å². The Morgan fingerprint density at radius 2 is 1.97 bits per heavy atom. The topological polar surface area (TPSA) is 125 Å². The van der Waals surface area contributed by atoms with Gasteiger partial charge in [0.1, 0.15) is 10.7 Å². The summed E-state index contributed by atoms with van der Waals surface area (Å²) >= 11 is 0. The van der Waals surface area contributed by atoms with Gasteiger partial charge in [0, 0.05) is 63.3 Å². The molecule has 1 saturated heterocycles. The van der Waals surface area contributed by atoms with E-state index >= 15 is 0 Å². The molecule has 0 amide bonds. The average molecular weight is 458 g/mol. The fourth-order valence-corrected chi connectivity index (χ4v) is 5.49. The molecule has 4 heterocycles. The van der Waals surface area contributed by atoms with E-state index in [1.807, 2.05) is 24.1 Å². The highest BCUT2D eigenvalue weighted by molar-refractivity contribution is 7.89. The Morgan fingerprint density at radius 1 is 1.19 bits per heavy atom. The Balaban J connectivity index is 1.22. The van der Waals surface area contributed by atoms with E-state index in [-0.39, 0.29) is 10.9 Å². The summed E-state index contributed by atoms with van der Waals surface area (Å²) in [5.74, 6) is 2.62. The summed E-state index contributed by atoms with van der Waals surface area (Å²) in [7, 11) is 0.147. The molecule has 0 radical (unpaired) electrons. The van der Waals surface area contributed by atoms with Crippen molar-refractivity contribution in [1.29, 1.82) is 0 Å². The number of hydrogen-bond acceptors (Lipinski definition) is 8. The normalized spacial score (nSPS) is 18.1. The largest absolute Gasteiger partial charge is 0.341 e. The molecule has 0 unspecified atom stereocenters. The second-order valence-electron chi connectivity index (χ2n) is 8.45. The van der Waals surface area contributed by atoms with Gasteiger partial charge in [-0.25, -0.2) is 13.4 Å². The summed E-state index contributed by atoms with van der Waals surface area (Å²) in [6.07, 6.45) is 8.47. The van der Waals surface area contributed by atoms with E-state index in [9.17, 15) is 8.42 Å². The van der Waals surface area contributed by atoms with Crippen LogP contribution in [-0.4, -0.2) is 68.8 Å². The van der Waals surface area contributed by atoms with Crippen LogP contribution < -0.4 is 10.2 Å². The molecular formula is C20H27N9O2S. The monoisotopic (exact) mass is 457 g/mol. The lowest BCUT2D eigenvalue weighted by Gasteiger charge is -2.36. The van der Waals surface area contributed by atoms with Gasteiger partial charge in [0.15, 0.2) is 5.82 Å². The number of nitrogens with zero attached hydrogens (tertiary/aromatic N) is 7. The first kappa shape index (κ1) is 20.9. The van der Waals surface area contributed by atoms with Gasteiger partial charge >= 0.3 is 0 Å². The third kappa shape index (κ3) is 4.19. The van der Waals surface area contributed by atoms with Gasteiger partial charge in [-0.3, -0.25) is 9.78 Å². The predicted molar refractivity (Wildman–Crippen MR) is 119 cm³/mol. The molecule has 0 aromatic carbocycles. The molecule has 1 saturated carbocycles. The van der Waals surface area contributed by atoms with Crippen molar-refractivity contribution in [3.63, 3.8) is 0 Å². The molecule has 3 aromatic heterocycles. The Hall–Kier alpha value is -2.99. The van der Waals surface area contributed by atoms with E-state index in [2.05, 4.69) is 30.6 Å². The van der Waals surface area contributed by atoms with Gasteiger partial charge in [-0.2, -0.15) is 19.5 Å². The van der Waals surface area contributed by atoms with Gasteiger partial charge in [-0.15, -0.1) is 0 Å². The smallest absolute Gasteiger partial charge is 0.246 e. The minimum Gasteiger partial charge on any atom is -0.341 e. The number of piperidine rings is 1. The highest BCUT2D eigenvalue weighted by atomic mass is 32.2. The number of sulfonamides is 1. The summed E-state index contributed by atoms with van der Waals surface area (Å²) in [6.45, 7) is 0.892. The third-order valence-corrected chi connectivity index (χ3v) is 7.97. The molecule has 3 aromatic rings. The van der Waals surface area contributed by atoms with Crippen LogP contribution in [0.5, 0.6) is 0 Å². The summed E-state index contributed by atoms with van der Waals surface area (Å²) < 4.78 is 28.7. The molecule has 11 nitrogen and oxygen atoms in total. The van der Waals surface area contributed by atoms with Crippen LogP contribution in [0.2, 0.25) is 0 Å². The zero-order valence-electron chi connectivity index (χ0n) is 18.1. The van der Waals surface area contributed by atoms with Crippen LogP contribution in [0.4, 0.5) is 17.6 Å². The second kappa shape index (κ2) is 8.17. The summed E-state index contributed by atoms with van der Waals surface area (Å²) in [5.41, 5.74) is 1.16. The Kier molecular flexibility index (Phi) is 5.33. The molecule has 170 valence electrons. The number of nitrogens with one attached hydrogen (secondary N) is 2. The van der Waals surface area contributed by atoms with Gasteiger partial charge in [0.25, 0.3) is 0 Å². The first-order valence-electron chi connectivity index (χ1n) is 10.8. The van der Waals surface area contributed by atoms with Gasteiger partial charge in [-0.1, -0.05) is 0 Å². The van der Waals surface area contributed by atoms with Crippen LogP contribution in [0, 0.1) is 0 Å². The van der Waals surface area contributed by atoms with Crippen molar-refractivity contribution in [2.45, 2.75) is 42.5 Å². The maximum absolute atomic E-state index is 12.8. The number of rotatable bonds is 7. The Bertz CT molecular complexity index is 1190. The minimum absolute atomic E-state index is 0.150. The number of aromatic nitrogens is 6. The van der Waals surface area contributed by atoms with Crippen molar-refractivity contribution in [3.8, 4) is 0 Å². The van der Waals surface area contributed by atoms with Crippen molar-refractivity contribution in [3.05, 3.63) is 36.4 Å². The van der Waals surface area contributed by atoms with Crippen molar-refractivity contribution < 1.29 is 8.42 Å². The molecule has 0 atom stereocenters. The number of anilines is 3. The third-order valence-electron chi connectivity index (χ3n) is 6.12. The van der Waals surface area contributed by atoms with E-state index < -0.39 is 10.0 Å². The number of hydrogen-bond donors (Lipinski definition) is 2. The van der Waals surface area contributed by atoms with Crippen LogP contribution in [0.25, 0.3) is 0 Å². The zero-order chi connectivity index (χ0) is 22.3. The van der Waals surface area contributed by atoms with E-state index in [0.29, 0.717) is 43.6 Å². The Morgan fingerprint density at radius 3 is 2.66 bits per heavy atom. The van der Waals surface area contributed by atoms with Crippen molar-refractivity contribution in [2.24, 2.45) is 7.05 Å². The predicted octanol–water partition coefficient (Wildman–Crippen LogP) is 1.84. The molecule has 1 aliphatic carbocycles. The molecule has 1 aliphatic heterocycles. The maximum Gasteiger partial charge on any atom is 0.246 e. The zero-order valence-corrected chi connectivity index (χ0v) is 19.0. The molecular weight excluding hydrogens is 430 g/mol. The molecule has 12 heteroatoms. The van der Waals surface area contributed by atoms with Gasteiger partial charge in [0.05, 0.1) is 6.20 Å². The fraction of sp³-hybridized carbons (Fsp3) is 0.500. The SMILES string of the molecule is CN(c1nccc(Nc2cc(C3CC3)[nH]n2)n1)C1CCN(S(=O)(=O)c2cnn(C)c2)CC1. The second-order valence-corrected chi connectivity index (χ2v) is 10.4. The number of H-pyrrole nitrogens is 1. The molecule has 0 spiro atoms. The van der Waals surface area contributed by atoms with Crippen LogP contribution in [0.15, 0.2) is 35.6 Å². The molecule has 2 aliphatic rings. The van der Waals surface area contributed by atoms with Gasteiger partial charge < -0.3 is 10.2 Å². The van der Waals surface area contributed by atoms with E-state index in [1.54, 1.807) is 13.2 Å². The van der Waals surface area contributed by atoms with E-state index in [1.165, 1.54) is 34.2 Å². The van der Waals surface area contributed by atoms with Crippen LogP contribution in [0.1, 0.15) is 37.3 Å². The molecule has 0 bridgehead atoms. The maximum atomic E-state index is 12.8. The standard InChI is InChI=1S/C20H27N9O2S/c1-27-13-16(12-22-27)32(30,31)29-9-6-15(7-10-29)28(2)20-21-8-5-18(24-20)23-19-11-17(25-26-19)14-3-4-14/h5,8,11-15H,3-4,6-7,9-10H2,1-2H3,(H2,21,23,24,25,26). The number of aryl methyl sites for hydroxylation is 1. The average Bonchev–Trinajstić information content (AvgIpc) is 3.38. The van der Waals surface area contributed by atoms with Crippen molar-refractivity contribution >= 4 is 27.6 Å². The first-order chi connectivity index (χ1) is 15.4. The summed E-state index contributed by atoms with van der Waals surface area (Å²) in [5, 5.41) is 14.6. The van der Waals surface area contributed by atoms with E-state index in [4.69, 9.17) is 0 Å². The van der Waals surface area contributed by atoms with Crippen LogP contribution >= 0.6 is 0 Å². The summed E-state index contributed by atoms with van der Waals surface area (Å²) in [6, 6.07) is 3.99. The highest BCUT2D eigenvalue weighted by Gasteiger charge is 2.32. The summed E-state index contributed by atoms with van der Waals surface area (Å²) in [4.78, 5) is 11.3. The van der Waals surface area contributed by atoms with E-state index in [0.717, 1.165) is 11.5 Å². The highest BCUT2D eigenvalue weighted by Crippen LogP contribution is 2.39. The number of aromatic amines is 1. The van der Waals surface area contributed by atoms with Gasteiger partial charge in [0.2, 0.25) is 16.0 Å². The first-order valence-corrected chi connectivity index (χ1v) is 12.2. The van der Waals surface area contributed by atoms with Crippen molar-refractivity contribution in [2.75, 3.05) is 30.4 Å². The van der Waals surface area contributed by atoms with Crippen molar-refractivity contribution in [1.82, 2.24) is 34.3 Å². The minimum atomic E-state index is -3.52. The molecule has 32 heavy (non-hydrogen) atoms. The molecule has 5 rings (SSSR count). The lowest BCUT2D eigenvalue weighted by atomic mass is 10.1. The van der Waals surface area contributed by atoms with Gasteiger partial charge in [-0.05, 0) is 31.7 Å². The lowest BCUT2D eigenvalue weighted by Crippen LogP contribution is -2.46. The Labute approximate surface area is 186 Å². The molecule has 2 N–H and O–H groups in total. The molecule has 2 fully saturated rings.